The summed E-state index contributed by atoms with van der Waals surface area (Å²) < 4.78 is 2.47. The van der Waals surface area contributed by atoms with Gasteiger partial charge >= 0.3 is 0 Å². The molecule has 2 aromatic rings. The molecule has 0 saturated heterocycles. The van der Waals surface area contributed by atoms with E-state index >= 15 is 0 Å². The van der Waals surface area contributed by atoms with E-state index in [-0.39, 0.29) is 0 Å². The molecule has 0 spiro atoms. The summed E-state index contributed by atoms with van der Waals surface area (Å²) in [4.78, 5) is 12.6. The molecule has 0 aliphatic carbocycles. The molecule has 96 valence electrons. The van der Waals surface area contributed by atoms with Gasteiger partial charge < -0.3 is 10.6 Å². The van der Waals surface area contributed by atoms with Crippen LogP contribution in [0.25, 0.3) is 0 Å². The fraction of sp³-hybridized carbons (Fsp3) is 0.400. The highest BCUT2D eigenvalue weighted by atomic mass is 79.9. The van der Waals surface area contributed by atoms with Gasteiger partial charge in [-0.25, -0.2) is 9.97 Å². The Morgan fingerprint density at radius 1 is 1.33 bits per heavy atom. The van der Waals surface area contributed by atoms with Gasteiger partial charge in [0, 0.05) is 19.8 Å². The second-order valence-corrected chi connectivity index (χ2v) is 4.46. The van der Waals surface area contributed by atoms with Crippen LogP contribution in [0.5, 0.6) is 0 Å². The lowest BCUT2D eigenvalue weighted by molar-refractivity contribution is 0.747. The largest absolute Gasteiger partial charge is 0.362 e. The molecule has 2 aromatic heterocycles. The van der Waals surface area contributed by atoms with Crippen LogP contribution in [0.3, 0.4) is 0 Å². The molecule has 8 heteroatoms. The molecule has 0 unspecified atom stereocenters. The highest BCUT2D eigenvalue weighted by molar-refractivity contribution is 9.10. The third-order valence-electron chi connectivity index (χ3n) is 2.14. The second-order valence-electron chi connectivity index (χ2n) is 3.61. The zero-order valence-electron chi connectivity index (χ0n) is 10.2. The number of hydrogen-bond acceptors (Lipinski definition) is 6. The highest BCUT2D eigenvalue weighted by Gasteiger charge is 2.05. The van der Waals surface area contributed by atoms with Gasteiger partial charge in [0.05, 0.1) is 11.0 Å². The van der Waals surface area contributed by atoms with Crippen LogP contribution in [0.4, 0.5) is 11.8 Å². The van der Waals surface area contributed by atoms with Gasteiger partial charge in [-0.3, -0.25) is 4.68 Å². The molecule has 2 N–H and O–H groups in total. The van der Waals surface area contributed by atoms with Crippen LogP contribution in [0.2, 0.25) is 0 Å². The number of nitrogens with one attached hydrogen (secondary N) is 2. The van der Waals surface area contributed by atoms with Crippen LogP contribution < -0.4 is 10.6 Å². The molecule has 0 saturated carbocycles. The molecule has 0 bridgehead atoms. The first kappa shape index (κ1) is 12.7. The van der Waals surface area contributed by atoms with Crippen molar-refractivity contribution in [2.75, 3.05) is 17.2 Å². The molecular weight excluding hydrogens is 298 g/mol. The van der Waals surface area contributed by atoms with Crippen LogP contribution in [0, 0.1) is 0 Å². The Morgan fingerprint density at radius 2 is 2.17 bits per heavy atom. The van der Waals surface area contributed by atoms with E-state index in [2.05, 4.69) is 46.6 Å². The van der Waals surface area contributed by atoms with Gasteiger partial charge in [0.15, 0.2) is 5.82 Å². The minimum Gasteiger partial charge on any atom is -0.362 e. The van der Waals surface area contributed by atoms with E-state index in [1.54, 1.807) is 17.2 Å². The zero-order chi connectivity index (χ0) is 13.0. The number of hydrogen-bond donors (Lipinski definition) is 2. The first-order valence-electron chi connectivity index (χ1n) is 5.54. The summed E-state index contributed by atoms with van der Waals surface area (Å²) in [5, 5.41) is 10.4. The predicted octanol–water partition coefficient (Wildman–Crippen LogP) is 1.41. The number of aromatic nitrogens is 5. The average Bonchev–Trinajstić information content (AvgIpc) is 2.76. The van der Waals surface area contributed by atoms with Crippen molar-refractivity contribution in [3.05, 3.63) is 22.8 Å². The van der Waals surface area contributed by atoms with Gasteiger partial charge in [-0.15, -0.1) is 0 Å². The SMILES string of the molecule is CCNc1ncc(Br)c(NCc2ncn(C)n2)n1. The summed E-state index contributed by atoms with van der Waals surface area (Å²) >= 11 is 3.40. The first-order chi connectivity index (χ1) is 8.69. The fourth-order valence-corrected chi connectivity index (χ4v) is 1.69. The Kier molecular flexibility index (Phi) is 4.08. The Hall–Kier alpha value is -1.70. The molecule has 0 amide bonds. The zero-order valence-corrected chi connectivity index (χ0v) is 11.8. The van der Waals surface area contributed by atoms with Gasteiger partial charge in [-0.1, -0.05) is 0 Å². The predicted molar refractivity (Wildman–Crippen MR) is 72.2 cm³/mol. The van der Waals surface area contributed by atoms with Crippen LogP contribution >= 0.6 is 15.9 Å². The van der Waals surface area contributed by atoms with E-state index < -0.39 is 0 Å². The number of nitrogens with zero attached hydrogens (tertiary/aromatic N) is 5. The van der Waals surface area contributed by atoms with Gasteiger partial charge in [-0.05, 0) is 22.9 Å². The molecule has 18 heavy (non-hydrogen) atoms. The van der Waals surface area contributed by atoms with Crippen molar-refractivity contribution < 1.29 is 0 Å². The van der Waals surface area contributed by atoms with E-state index in [1.807, 2.05) is 14.0 Å². The van der Waals surface area contributed by atoms with Crippen molar-refractivity contribution in [1.29, 1.82) is 0 Å². The first-order valence-corrected chi connectivity index (χ1v) is 6.33. The number of anilines is 2. The van der Waals surface area contributed by atoms with Crippen LogP contribution in [-0.4, -0.2) is 31.3 Å². The summed E-state index contributed by atoms with van der Waals surface area (Å²) in [6, 6.07) is 0. The molecule has 0 atom stereocenters. The van der Waals surface area contributed by atoms with Crippen LogP contribution in [0.15, 0.2) is 17.0 Å². The third-order valence-corrected chi connectivity index (χ3v) is 2.72. The van der Waals surface area contributed by atoms with Gasteiger partial charge in [0.25, 0.3) is 0 Å². The molecule has 0 aliphatic heterocycles. The lowest BCUT2D eigenvalue weighted by Crippen LogP contribution is -2.08. The van der Waals surface area contributed by atoms with Crippen LogP contribution in [-0.2, 0) is 13.6 Å². The number of aryl methyl sites for hydroxylation is 1. The smallest absolute Gasteiger partial charge is 0.224 e. The molecule has 0 fully saturated rings. The summed E-state index contributed by atoms with van der Waals surface area (Å²) in [5.74, 6) is 2.03. The highest BCUT2D eigenvalue weighted by Crippen LogP contribution is 2.20. The standard InChI is InChI=1S/C10H14BrN7/c1-3-12-10-14-4-7(11)9(16-10)13-5-8-15-6-18(2)17-8/h4,6H,3,5H2,1-2H3,(H2,12,13,14,16). The van der Waals surface area contributed by atoms with E-state index in [9.17, 15) is 0 Å². The lowest BCUT2D eigenvalue weighted by Gasteiger charge is -2.07. The van der Waals surface area contributed by atoms with Crippen molar-refractivity contribution in [3.63, 3.8) is 0 Å². The van der Waals surface area contributed by atoms with Crippen LogP contribution in [0.1, 0.15) is 12.7 Å². The Labute approximate surface area is 113 Å². The lowest BCUT2D eigenvalue weighted by atomic mass is 10.5. The molecule has 2 heterocycles. The van der Waals surface area contributed by atoms with Crippen molar-refractivity contribution >= 4 is 27.7 Å². The molecule has 0 aromatic carbocycles. The second kappa shape index (κ2) is 5.76. The minimum atomic E-state index is 0.516. The number of halogens is 1. The van der Waals surface area contributed by atoms with Crippen molar-refractivity contribution in [3.8, 4) is 0 Å². The van der Waals surface area contributed by atoms with Crippen molar-refractivity contribution in [1.82, 2.24) is 24.7 Å². The maximum absolute atomic E-state index is 4.34. The van der Waals surface area contributed by atoms with E-state index in [0.29, 0.717) is 24.1 Å². The van der Waals surface area contributed by atoms with E-state index in [1.165, 1.54) is 0 Å². The summed E-state index contributed by atoms with van der Waals surface area (Å²) in [7, 11) is 1.83. The minimum absolute atomic E-state index is 0.516. The quantitative estimate of drug-likeness (QED) is 0.869. The Balaban J connectivity index is 2.05. The van der Waals surface area contributed by atoms with Gasteiger partial charge in [0.1, 0.15) is 12.1 Å². The average molecular weight is 312 g/mol. The normalized spacial score (nSPS) is 10.4. The van der Waals surface area contributed by atoms with Crippen molar-refractivity contribution in [2.45, 2.75) is 13.5 Å². The number of rotatable bonds is 5. The van der Waals surface area contributed by atoms with E-state index in [4.69, 9.17) is 0 Å². The molecule has 2 rings (SSSR count). The molecule has 0 aliphatic rings. The third kappa shape index (κ3) is 3.16. The van der Waals surface area contributed by atoms with Gasteiger partial charge in [0.2, 0.25) is 5.95 Å². The van der Waals surface area contributed by atoms with Gasteiger partial charge in [-0.2, -0.15) is 10.1 Å². The fourth-order valence-electron chi connectivity index (χ4n) is 1.36. The molecule has 7 nitrogen and oxygen atoms in total. The maximum atomic E-state index is 4.34. The summed E-state index contributed by atoms with van der Waals surface area (Å²) in [5.41, 5.74) is 0. The molecular formula is C10H14BrN7. The Bertz CT molecular complexity index is 525. The van der Waals surface area contributed by atoms with E-state index in [0.717, 1.165) is 11.0 Å². The monoisotopic (exact) mass is 311 g/mol. The summed E-state index contributed by atoms with van der Waals surface area (Å²) in [6.07, 6.45) is 3.37. The Morgan fingerprint density at radius 3 is 2.83 bits per heavy atom. The van der Waals surface area contributed by atoms with Crippen molar-refractivity contribution in [2.24, 2.45) is 7.05 Å². The topological polar surface area (TPSA) is 80.5 Å². The summed E-state index contributed by atoms with van der Waals surface area (Å²) in [6.45, 7) is 3.29. The maximum Gasteiger partial charge on any atom is 0.224 e. The molecule has 0 radical (unpaired) electrons.